The molecule has 2 aromatic carbocycles. The molecule has 3 aliphatic rings. The Balaban J connectivity index is 1.30. The first kappa shape index (κ1) is 22.9. The third-order valence-electron chi connectivity index (χ3n) is 7.80. The van der Waals surface area contributed by atoms with Gasteiger partial charge in [-0.05, 0) is 43.7 Å². The van der Waals surface area contributed by atoms with Crippen LogP contribution >= 0.6 is 0 Å². The van der Waals surface area contributed by atoms with Crippen LogP contribution in [-0.2, 0) is 26.2 Å². The van der Waals surface area contributed by atoms with E-state index < -0.39 is 11.0 Å². The summed E-state index contributed by atoms with van der Waals surface area (Å²) in [5.41, 5.74) is 2.34. The van der Waals surface area contributed by atoms with Crippen molar-refractivity contribution in [2.24, 2.45) is 0 Å². The van der Waals surface area contributed by atoms with E-state index in [2.05, 4.69) is 31.2 Å². The largest absolute Gasteiger partial charge is 0.441 e. The average Bonchev–Trinajstić information content (AvgIpc) is 3.02. The molecule has 2 aromatic rings. The zero-order chi connectivity index (χ0) is 23.6. The van der Waals surface area contributed by atoms with E-state index in [4.69, 9.17) is 9.47 Å². The molecule has 0 aromatic heterocycles. The van der Waals surface area contributed by atoms with Crippen LogP contribution in [0, 0.1) is 6.92 Å². The van der Waals surface area contributed by atoms with Crippen LogP contribution in [-0.4, -0.2) is 60.2 Å². The number of aryl methyl sites for hydroxylation is 1. The summed E-state index contributed by atoms with van der Waals surface area (Å²) in [6.45, 7) is 5.72. The monoisotopic (exact) mass is 462 g/mol. The number of carbonyl (C=O) groups is 2. The molecule has 0 N–H and O–H groups in total. The standard InChI is InChI=1S/C28H34N2O4/c1-22-8-10-24(11-9-22)28(14-18-33-19-15-28)25(31)29-16-5-12-27(13-17-29)21-30(26(32)34-27)20-23-6-3-2-4-7-23/h2-4,6-11H,5,12-21H2,1H3. The summed E-state index contributed by atoms with van der Waals surface area (Å²) in [5.74, 6) is 0.196. The summed E-state index contributed by atoms with van der Waals surface area (Å²) in [7, 11) is 0. The zero-order valence-electron chi connectivity index (χ0n) is 20.0. The molecule has 0 bridgehead atoms. The molecule has 3 saturated heterocycles. The Labute approximate surface area is 201 Å². The van der Waals surface area contributed by atoms with E-state index in [0.717, 1.165) is 24.0 Å². The van der Waals surface area contributed by atoms with E-state index in [1.807, 2.05) is 35.2 Å². The molecule has 1 spiro atoms. The summed E-state index contributed by atoms with van der Waals surface area (Å²) in [4.78, 5) is 30.6. The van der Waals surface area contributed by atoms with Gasteiger partial charge in [-0.3, -0.25) is 9.69 Å². The van der Waals surface area contributed by atoms with Gasteiger partial charge in [0, 0.05) is 39.3 Å². The number of hydrogen-bond donors (Lipinski definition) is 0. The van der Waals surface area contributed by atoms with Crippen LogP contribution in [0.1, 0.15) is 48.8 Å². The molecule has 3 heterocycles. The maximum Gasteiger partial charge on any atom is 0.410 e. The van der Waals surface area contributed by atoms with Gasteiger partial charge in [0.1, 0.15) is 5.60 Å². The number of hydrogen-bond acceptors (Lipinski definition) is 4. The highest BCUT2D eigenvalue weighted by atomic mass is 16.6. The number of carbonyl (C=O) groups excluding carboxylic acids is 2. The zero-order valence-corrected chi connectivity index (χ0v) is 20.0. The summed E-state index contributed by atoms with van der Waals surface area (Å²) in [5, 5.41) is 0. The number of ether oxygens (including phenoxy) is 2. The van der Waals surface area contributed by atoms with Gasteiger partial charge >= 0.3 is 6.09 Å². The minimum Gasteiger partial charge on any atom is -0.441 e. The summed E-state index contributed by atoms with van der Waals surface area (Å²) < 4.78 is 11.6. The second-order valence-corrected chi connectivity index (χ2v) is 10.1. The molecule has 0 radical (unpaired) electrons. The summed E-state index contributed by atoms with van der Waals surface area (Å²) in [6, 6.07) is 18.4. The van der Waals surface area contributed by atoms with Gasteiger partial charge in [0.2, 0.25) is 5.91 Å². The van der Waals surface area contributed by atoms with Crippen LogP contribution in [0.5, 0.6) is 0 Å². The van der Waals surface area contributed by atoms with Crippen molar-refractivity contribution in [1.82, 2.24) is 9.80 Å². The highest BCUT2D eigenvalue weighted by Gasteiger charge is 2.49. The number of nitrogens with zero attached hydrogens (tertiary/aromatic N) is 2. The van der Waals surface area contributed by atoms with Gasteiger partial charge in [0.05, 0.1) is 12.0 Å². The Hall–Kier alpha value is -2.86. The van der Waals surface area contributed by atoms with Crippen LogP contribution in [0.2, 0.25) is 0 Å². The van der Waals surface area contributed by atoms with Gasteiger partial charge in [-0.2, -0.15) is 0 Å². The molecule has 5 rings (SSSR count). The molecule has 3 fully saturated rings. The molecule has 6 heteroatoms. The predicted molar refractivity (Wildman–Crippen MR) is 129 cm³/mol. The third kappa shape index (κ3) is 4.43. The van der Waals surface area contributed by atoms with E-state index in [9.17, 15) is 9.59 Å². The van der Waals surface area contributed by atoms with Gasteiger partial charge < -0.3 is 14.4 Å². The SMILES string of the molecule is Cc1ccc(C2(C(=O)N3CCCC4(CC3)CN(Cc3ccccc3)C(=O)O4)CCOCC2)cc1. The molecule has 34 heavy (non-hydrogen) atoms. The Morgan fingerprint density at radius 2 is 1.68 bits per heavy atom. The Morgan fingerprint density at radius 3 is 2.41 bits per heavy atom. The predicted octanol–water partition coefficient (Wildman–Crippen LogP) is 4.45. The Bertz CT molecular complexity index is 1020. The van der Waals surface area contributed by atoms with E-state index in [-0.39, 0.29) is 12.0 Å². The number of benzene rings is 2. The fourth-order valence-corrected chi connectivity index (χ4v) is 5.77. The van der Waals surface area contributed by atoms with Crippen molar-refractivity contribution in [2.45, 2.75) is 56.6 Å². The van der Waals surface area contributed by atoms with Crippen molar-refractivity contribution < 1.29 is 19.1 Å². The number of likely N-dealkylation sites (tertiary alicyclic amines) is 1. The first-order valence-corrected chi connectivity index (χ1v) is 12.5. The molecule has 180 valence electrons. The average molecular weight is 463 g/mol. The molecule has 1 atom stereocenters. The fourth-order valence-electron chi connectivity index (χ4n) is 5.77. The first-order chi connectivity index (χ1) is 16.5. The molecule has 6 nitrogen and oxygen atoms in total. The van der Waals surface area contributed by atoms with Crippen molar-refractivity contribution in [3.63, 3.8) is 0 Å². The van der Waals surface area contributed by atoms with E-state index in [1.54, 1.807) is 4.90 Å². The number of rotatable bonds is 4. The molecular weight excluding hydrogens is 428 g/mol. The highest BCUT2D eigenvalue weighted by Crippen LogP contribution is 2.39. The molecule has 1 unspecified atom stereocenters. The lowest BCUT2D eigenvalue weighted by atomic mass is 9.72. The van der Waals surface area contributed by atoms with E-state index in [0.29, 0.717) is 58.7 Å². The molecule has 3 aliphatic heterocycles. The van der Waals surface area contributed by atoms with E-state index >= 15 is 0 Å². The maximum atomic E-state index is 14.0. The quantitative estimate of drug-likeness (QED) is 0.674. The molecule has 2 amide bonds. The van der Waals surface area contributed by atoms with Crippen molar-refractivity contribution >= 4 is 12.0 Å². The Morgan fingerprint density at radius 1 is 0.941 bits per heavy atom. The van der Waals surface area contributed by atoms with Crippen LogP contribution in [0.25, 0.3) is 0 Å². The van der Waals surface area contributed by atoms with Crippen molar-refractivity contribution in [1.29, 1.82) is 0 Å². The lowest BCUT2D eigenvalue weighted by Crippen LogP contribution is -2.50. The van der Waals surface area contributed by atoms with Gasteiger partial charge in [0.15, 0.2) is 0 Å². The Kier molecular flexibility index (Phi) is 6.34. The maximum absolute atomic E-state index is 14.0. The molecule has 0 aliphatic carbocycles. The van der Waals surface area contributed by atoms with Crippen LogP contribution < -0.4 is 0 Å². The normalized spacial score (nSPS) is 24.7. The minimum atomic E-state index is -0.533. The van der Waals surface area contributed by atoms with E-state index in [1.165, 1.54) is 5.56 Å². The summed E-state index contributed by atoms with van der Waals surface area (Å²) >= 11 is 0. The topological polar surface area (TPSA) is 59.1 Å². The lowest BCUT2D eigenvalue weighted by molar-refractivity contribution is -0.141. The van der Waals surface area contributed by atoms with Crippen LogP contribution in [0.3, 0.4) is 0 Å². The van der Waals surface area contributed by atoms with Gasteiger partial charge in [-0.25, -0.2) is 4.79 Å². The highest BCUT2D eigenvalue weighted by molar-refractivity contribution is 5.88. The van der Waals surface area contributed by atoms with Crippen molar-refractivity contribution in [3.05, 3.63) is 71.3 Å². The van der Waals surface area contributed by atoms with Gasteiger partial charge in [-0.1, -0.05) is 60.2 Å². The fraction of sp³-hybridized carbons (Fsp3) is 0.500. The third-order valence-corrected chi connectivity index (χ3v) is 7.80. The van der Waals surface area contributed by atoms with Crippen LogP contribution in [0.15, 0.2) is 54.6 Å². The van der Waals surface area contributed by atoms with Crippen molar-refractivity contribution in [3.8, 4) is 0 Å². The second kappa shape index (κ2) is 9.41. The summed E-state index contributed by atoms with van der Waals surface area (Å²) in [6.07, 6.45) is 3.46. The smallest absolute Gasteiger partial charge is 0.410 e. The minimum absolute atomic E-state index is 0.196. The molecule has 0 saturated carbocycles. The van der Waals surface area contributed by atoms with Crippen LogP contribution in [0.4, 0.5) is 4.79 Å². The van der Waals surface area contributed by atoms with Gasteiger partial charge in [-0.15, -0.1) is 0 Å². The second-order valence-electron chi connectivity index (χ2n) is 10.1. The lowest BCUT2D eigenvalue weighted by Gasteiger charge is -2.40. The van der Waals surface area contributed by atoms with Crippen molar-refractivity contribution in [2.75, 3.05) is 32.8 Å². The molecular formula is C28H34N2O4. The van der Waals surface area contributed by atoms with Gasteiger partial charge in [0.25, 0.3) is 0 Å². The first-order valence-electron chi connectivity index (χ1n) is 12.5. The number of amides is 2.